The average molecular weight is 275 g/mol. The van der Waals surface area contributed by atoms with E-state index in [9.17, 15) is 0 Å². The molecule has 20 heavy (non-hydrogen) atoms. The lowest BCUT2D eigenvalue weighted by Crippen LogP contribution is -2.21. The highest BCUT2D eigenvalue weighted by atomic mass is 16.6. The van der Waals surface area contributed by atoms with Crippen LogP contribution in [-0.2, 0) is 0 Å². The third kappa shape index (κ3) is 2.32. The predicted octanol–water partition coefficient (Wildman–Crippen LogP) is 1.10. The van der Waals surface area contributed by atoms with Crippen molar-refractivity contribution >= 4 is 0 Å². The summed E-state index contributed by atoms with van der Waals surface area (Å²) in [7, 11) is 0. The Hall–Kier alpha value is -2.15. The quantitative estimate of drug-likeness (QED) is 0.900. The Labute approximate surface area is 116 Å². The summed E-state index contributed by atoms with van der Waals surface area (Å²) in [4.78, 5) is 0. The first kappa shape index (κ1) is 12.9. The molecule has 106 valence electrons. The van der Waals surface area contributed by atoms with E-state index in [1.807, 2.05) is 25.1 Å². The van der Waals surface area contributed by atoms with Crippen molar-refractivity contribution in [3.05, 3.63) is 24.0 Å². The number of ether oxygens (including phenoxy) is 2. The second-order valence-corrected chi connectivity index (χ2v) is 4.56. The summed E-state index contributed by atoms with van der Waals surface area (Å²) in [5.41, 5.74) is 0.860. The molecule has 0 saturated carbocycles. The van der Waals surface area contributed by atoms with Crippen LogP contribution in [0.2, 0.25) is 0 Å². The number of aromatic nitrogens is 4. The molecule has 0 amide bonds. The minimum absolute atomic E-state index is 0.0724. The highest BCUT2D eigenvalue weighted by Crippen LogP contribution is 2.32. The van der Waals surface area contributed by atoms with Crippen LogP contribution in [0.1, 0.15) is 25.7 Å². The maximum atomic E-state index is 5.59. The number of hydrogen-bond acceptors (Lipinski definition) is 6. The van der Waals surface area contributed by atoms with Crippen molar-refractivity contribution in [3.63, 3.8) is 0 Å². The first-order valence-corrected chi connectivity index (χ1v) is 6.71. The molecule has 1 atom stereocenters. The van der Waals surface area contributed by atoms with Gasteiger partial charge in [-0.05, 0) is 36.0 Å². The van der Waals surface area contributed by atoms with Crippen LogP contribution in [0.15, 0.2) is 18.2 Å². The summed E-state index contributed by atoms with van der Waals surface area (Å²) >= 11 is 0. The molecule has 3 rings (SSSR count). The second kappa shape index (κ2) is 5.46. The molecule has 0 bridgehead atoms. The minimum Gasteiger partial charge on any atom is -0.486 e. The third-order valence-electron chi connectivity index (χ3n) is 3.16. The molecule has 0 fully saturated rings. The molecule has 2 aromatic rings. The lowest BCUT2D eigenvalue weighted by Gasteiger charge is -2.19. The van der Waals surface area contributed by atoms with Gasteiger partial charge in [-0.25, -0.2) is 0 Å². The fourth-order valence-corrected chi connectivity index (χ4v) is 2.21. The van der Waals surface area contributed by atoms with E-state index in [4.69, 9.17) is 9.47 Å². The number of rotatable bonds is 4. The van der Waals surface area contributed by atoms with Gasteiger partial charge in [0.25, 0.3) is 0 Å². The van der Waals surface area contributed by atoms with Crippen LogP contribution in [0.4, 0.5) is 0 Å². The van der Waals surface area contributed by atoms with Crippen LogP contribution in [-0.4, -0.2) is 40.0 Å². The van der Waals surface area contributed by atoms with Gasteiger partial charge in [0.05, 0.1) is 11.7 Å². The molecule has 0 saturated heterocycles. The van der Waals surface area contributed by atoms with Gasteiger partial charge >= 0.3 is 0 Å². The maximum absolute atomic E-state index is 5.59. The average Bonchev–Trinajstić information content (AvgIpc) is 2.96. The highest BCUT2D eigenvalue weighted by Gasteiger charge is 2.17. The van der Waals surface area contributed by atoms with Crippen molar-refractivity contribution in [1.82, 2.24) is 25.5 Å². The Bertz CT molecular complexity index is 598. The fourth-order valence-electron chi connectivity index (χ4n) is 2.21. The van der Waals surface area contributed by atoms with E-state index < -0.39 is 0 Å². The smallest absolute Gasteiger partial charge is 0.173 e. The lowest BCUT2D eigenvalue weighted by molar-refractivity contribution is 0.171. The van der Waals surface area contributed by atoms with Crippen LogP contribution in [0.5, 0.6) is 11.5 Å². The standard InChI is InChI=1S/C13H17N5O2/c1-3-14-9(2)13-15-16-17-18(13)10-4-5-11-12(8-10)20-7-6-19-11/h4-5,8-9,14H,3,6-7H2,1-2H3. The SMILES string of the molecule is CCNC(C)c1nnnn1-c1ccc2c(c1)OCCO2. The molecule has 7 heteroatoms. The van der Waals surface area contributed by atoms with E-state index in [0.29, 0.717) is 13.2 Å². The van der Waals surface area contributed by atoms with E-state index in [2.05, 4.69) is 27.8 Å². The Balaban J connectivity index is 1.95. The van der Waals surface area contributed by atoms with Gasteiger partial charge in [0.2, 0.25) is 0 Å². The monoisotopic (exact) mass is 275 g/mol. The molecule has 1 N–H and O–H groups in total. The summed E-state index contributed by atoms with van der Waals surface area (Å²) in [5, 5.41) is 15.2. The van der Waals surface area contributed by atoms with E-state index in [1.165, 1.54) is 0 Å². The minimum atomic E-state index is 0.0724. The van der Waals surface area contributed by atoms with Gasteiger partial charge < -0.3 is 14.8 Å². The molecule has 0 spiro atoms. The number of fused-ring (bicyclic) bond motifs is 1. The Kier molecular flexibility index (Phi) is 3.51. The van der Waals surface area contributed by atoms with Crippen molar-refractivity contribution in [1.29, 1.82) is 0 Å². The van der Waals surface area contributed by atoms with E-state index in [0.717, 1.165) is 29.6 Å². The van der Waals surface area contributed by atoms with Gasteiger partial charge in [-0.1, -0.05) is 6.92 Å². The lowest BCUT2D eigenvalue weighted by atomic mass is 10.2. The van der Waals surface area contributed by atoms with E-state index >= 15 is 0 Å². The molecule has 0 radical (unpaired) electrons. The molecule has 1 unspecified atom stereocenters. The first-order chi connectivity index (χ1) is 9.79. The van der Waals surface area contributed by atoms with Crippen LogP contribution < -0.4 is 14.8 Å². The van der Waals surface area contributed by atoms with Crippen molar-refractivity contribution in [2.24, 2.45) is 0 Å². The molecule has 2 heterocycles. The Morgan fingerprint density at radius 2 is 2.10 bits per heavy atom. The highest BCUT2D eigenvalue weighted by molar-refractivity contribution is 5.49. The molecule has 7 nitrogen and oxygen atoms in total. The zero-order valence-corrected chi connectivity index (χ0v) is 11.5. The summed E-state index contributed by atoms with van der Waals surface area (Å²) in [5.74, 6) is 2.25. The molecule has 0 aliphatic carbocycles. The number of hydrogen-bond donors (Lipinski definition) is 1. The van der Waals surface area contributed by atoms with Crippen molar-refractivity contribution in [2.75, 3.05) is 19.8 Å². The maximum Gasteiger partial charge on any atom is 0.173 e. The molecule has 1 aliphatic heterocycles. The van der Waals surface area contributed by atoms with Crippen molar-refractivity contribution in [3.8, 4) is 17.2 Å². The normalized spacial score (nSPS) is 15.1. The summed E-state index contributed by atoms with van der Waals surface area (Å²) in [6.45, 7) is 6.08. The number of tetrazole rings is 1. The zero-order chi connectivity index (χ0) is 13.9. The molecular formula is C13H17N5O2. The van der Waals surface area contributed by atoms with Gasteiger partial charge in [0, 0.05) is 6.07 Å². The van der Waals surface area contributed by atoms with Crippen molar-refractivity contribution < 1.29 is 9.47 Å². The molecule has 1 aliphatic rings. The number of nitrogens with zero attached hydrogens (tertiary/aromatic N) is 4. The van der Waals surface area contributed by atoms with E-state index in [-0.39, 0.29) is 6.04 Å². The van der Waals surface area contributed by atoms with Crippen LogP contribution in [0.25, 0.3) is 5.69 Å². The molecule has 1 aromatic heterocycles. The molecular weight excluding hydrogens is 258 g/mol. The zero-order valence-electron chi connectivity index (χ0n) is 11.5. The van der Waals surface area contributed by atoms with E-state index in [1.54, 1.807) is 4.68 Å². The van der Waals surface area contributed by atoms with Crippen molar-refractivity contribution in [2.45, 2.75) is 19.9 Å². The van der Waals surface area contributed by atoms with Gasteiger partial charge in [-0.2, -0.15) is 4.68 Å². The van der Waals surface area contributed by atoms with Crippen LogP contribution in [0, 0.1) is 0 Å². The summed E-state index contributed by atoms with van der Waals surface area (Å²) in [6, 6.07) is 5.77. The van der Waals surface area contributed by atoms with Gasteiger partial charge in [0.15, 0.2) is 17.3 Å². The second-order valence-electron chi connectivity index (χ2n) is 4.56. The van der Waals surface area contributed by atoms with Gasteiger partial charge in [-0.3, -0.25) is 0 Å². The van der Waals surface area contributed by atoms with Gasteiger partial charge in [-0.15, -0.1) is 5.10 Å². The Morgan fingerprint density at radius 1 is 1.30 bits per heavy atom. The number of benzene rings is 1. The summed E-state index contributed by atoms with van der Waals surface area (Å²) < 4.78 is 12.8. The third-order valence-corrected chi connectivity index (χ3v) is 3.16. The largest absolute Gasteiger partial charge is 0.486 e. The number of nitrogens with one attached hydrogen (secondary N) is 1. The molecule has 1 aromatic carbocycles. The van der Waals surface area contributed by atoms with Crippen LogP contribution in [0.3, 0.4) is 0 Å². The topological polar surface area (TPSA) is 74.1 Å². The fraction of sp³-hybridized carbons (Fsp3) is 0.462. The summed E-state index contributed by atoms with van der Waals surface area (Å²) in [6.07, 6.45) is 0. The van der Waals surface area contributed by atoms with Gasteiger partial charge in [0.1, 0.15) is 13.2 Å². The Morgan fingerprint density at radius 3 is 2.90 bits per heavy atom. The van der Waals surface area contributed by atoms with Crippen LogP contribution >= 0.6 is 0 Å². The first-order valence-electron chi connectivity index (χ1n) is 6.71. The predicted molar refractivity (Wildman–Crippen MR) is 72.2 cm³/mol.